The van der Waals surface area contributed by atoms with Crippen molar-refractivity contribution in [3.63, 3.8) is 0 Å². The Morgan fingerprint density at radius 3 is 2.20 bits per heavy atom. The Hall–Kier alpha value is -1.05. The lowest BCUT2D eigenvalue weighted by Gasteiger charge is -2.02. The summed E-state index contributed by atoms with van der Waals surface area (Å²) in [5.41, 5.74) is 2.95. The number of halogens is 2. The Morgan fingerprint density at radius 1 is 1.00 bits per heavy atom. The van der Waals surface area contributed by atoms with Gasteiger partial charge in [0.2, 0.25) is 0 Å². The number of nitrogens with zero attached hydrogens (tertiary/aromatic N) is 1. The minimum atomic E-state index is 0.625. The molecule has 0 saturated heterocycles. The Labute approximate surface area is 98.7 Å². The molecule has 2 aromatic rings. The zero-order valence-corrected chi connectivity index (χ0v) is 9.68. The molecule has 0 radical (unpaired) electrons. The summed E-state index contributed by atoms with van der Waals surface area (Å²) in [6.45, 7) is 2.00. The Bertz CT molecular complexity index is 457. The first-order valence-corrected chi connectivity index (χ1v) is 5.30. The van der Waals surface area contributed by atoms with Gasteiger partial charge in [0.1, 0.15) is 0 Å². The molecule has 0 saturated carbocycles. The third-order valence-electron chi connectivity index (χ3n) is 2.07. The van der Waals surface area contributed by atoms with Gasteiger partial charge in [0, 0.05) is 21.8 Å². The summed E-state index contributed by atoms with van der Waals surface area (Å²) in [5, 5.41) is 1.25. The van der Waals surface area contributed by atoms with Crippen LogP contribution in [0.1, 0.15) is 5.56 Å². The SMILES string of the molecule is Cc1ccc(-c2cc(Cl)cc(Cl)c2)nc1. The predicted molar refractivity (Wildman–Crippen MR) is 64.4 cm³/mol. The monoisotopic (exact) mass is 237 g/mol. The van der Waals surface area contributed by atoms with Crippen LogP contribution in [0.2, 0.25) is 10.0 Å². The average Bonchev–Trinajstić information content (AvgIpc) is 2.17. The molecule has 0 spiro atoms. The number of hydrogen-bond acceptors (Lipinski definition) is 1. The molecule has 1 heterocycles. The van der Waals surface area contributed by atoms with Crippen LogP contribution in [0.5, 0.6) is 0 Å². The van der Waals surface area contributed by atoms with Crippen LogP contribution in [0.4, 0.5) is 0 Å². The molecule has 2 rings (SSSR count). The Balaban J connectivity index is 2.49. The normalized spacial score (nSPS) is 10.3. The Morgan fingerprint density at radius 2 is 1.67 bits per heavy atom. The first kappa shape index (κ1) is 10.5. The minimum absolute atomic E-state index is 0.625. The van der Waals surface area contributed by atoms with Crippen LogP contribution < -0.4 is 0 Å². The molecule has 0 fully saturated rings. The highest BCUT2D eigenvalue weighted by Crippen LogP contribution is 2.25. The van der Waals surface area contributed by atoms with E-state index in [2.05, 4.69) is 4.98 Å². The number of aryl methyl sites for hydroxylation is 1. The van der Waals surface area contributed by atoms with Gasteiger partial charge in [-0.15, -0.1) is 0 Å². The molecule has 15 heavy (non-hydrogen) atoms. The number of pyridine rings is 1. The van der Waals surface area contributed by atoms with E-state index in [1.807, 2.05) is 37.4 Å². The highest BCUT2D eigenvalue weighted by Gasteiger charge is 2.01. The fourth-order valence-corrected chi connectivity index (χ4v) is 1.87. The Kier molecular flexibility index (Phi) is 2.94. The van der Waals surface area contributed by atoms with Gasteiger partial charge in [-0.3, -0.25) is 4.98 Å². The van der Waals surface area contributed by atoms with Gasteiger partial charge in [-0.05, 0) is 36.8 Å². The predicted octanol–water partition coefficient (Wildman–Crippen LogP) is 4.36. The van der Waals surface area contributed by atoms with Gasteiger partial charge in [-0.1, -0.05) is 29.3 Å². The molecule has 0 aliphatic rings. The molecule has 76 valence electrons. The van der Waals surface area contributed by atoms with Crippen molar-refractivity contribution in [1.29, 1.82) is 0 Å². The van der Waals surface area contributed by atoms with Crippen LogP contribution in [0.3, 0.4) is 0 Å². The zero-order valence-electron chi connectivity index (χ0n) is 8.17. The van der Waals surface area contributed by atoms with Crippen LogP contribution in [0.15, 0.2) is 36.5 Å². The van der Waals surface area contributed by atoms with Gasteiger partial charge in [-0.2, -0.15) is 0 Å². The second-order valence-electron chi connectivity index (χ2n) is 3.38. The summed E-state index contributed by atoms with van der Waals surface area (Å²) in [4.78, 5) is 4.31. The molecule has 0 atom stereocenters. The van der Waals surface area contributed by atoms with Crippen molar-refractivity contribution in [3.8, 4) is 11.3 Å². The highest BCUT2D eigenvalue weighted by molar-refractivity contribution is 6.35. The minimum Gasteiger partial charge on any atom is -0.256 e. The summed E-state index contributed by atoms with van der Waals surface area (Å²) in [6, 6.07) is 9.38. The van der Waals surface area contributed by atoms with E-state index in [9.17, 15) is 0 Å². The fraction of sp³-hybridized carbons (Fsp3) is 0.0833. The number of benzene rings is 1. The summed E-state index contributed by atoms with van der Waals surface area (Å²) in [5.74, 6) is 0. The van der Waals surface area contributed by atoms with Crippen molar-refractivity contribution in [2.45, 2.75) is 6.92 Å². The standard InChI is InChI=1S/C12H9Cl2N/c1-8-2-3-12(15-7-8)9-4-10(13)6-11(14)5-9/h2-7H,1H3. The molecule has 1 aromatic carbocycles. The van der Waals surface area contributed by atoms with E-state index in [0.717, 1.165) is 16.8 Å². The van der Waals surface area contributed by atoms with Crippen molar-refractivity contribution in [2.75, 3.05) is 0 Å². The lowest BCUT2D eigenvalue weighted by Crippen LogP contribution is -1.84. The van der Waals surface area contributed by atoms with E-state index in [1.54, 1.807) is 6.07 Å². The second kappa shape index (κ2) is 4.21. The average molecular weight is 238 g/mol. The van der Waals surface area contributed by atoms with Crippen molar-refractivity contribution in [2.24, 2.45) is 0 Å². The molecular weight excluding hydrogens is 229 g/mol. The van der Waals surface area contributed by atoms with Gasteiger partial charge in [-0.25, -0.2) is 0 Å². The molecule has 1 nitrogen and oxygen atoms in total. The number of aromatic nitrogens is 1. The quantitative estimate of drug-likeness (QED) is 0.719. The van der Waals surface area contributed by atoms with E-state index in [-0.39, 0.29) is 0 Å². The molecule has 0 N–H and O–H groups in total. The van der Waals surface area contributed by atoms with Gasteiger partial charge >= 0.3 is 0 Å². The van der Waals surface area contributed by atoms with Crippen LogP contribution in [-0.2, 0) is 0 Å². The highest BCUT2D eigenvalue weighted by atomic mass is 35.5. The first-order valence-electron chi connectivity index (χ1n) is 4.54. The fourth-order valence-electron chi connectivity index (χ4n) is 1.34. The summed E-state index contributed by atoms with van der Waals surface area (Å²) < 4.78 is 0. The van der Waals surface area contributed by atoms with Crippen LogP contribution in [0, 0.1) is 6.92 Å². The lowest BCUT2D eigenvalue weighted by molar-refractivity contribution is 1.27. The van der Waals surface area contributed by atoms with E-state index in [4.69, 9.17) is 23.2 Å². The van der Waals surface area contributed by atoms with Gasteiger partial charge in [0.15, 0.2) is 0 Å². The second-order valence-corrected chi connectivity index (χ2v) is 4.25. The van der Waals surface area contributed by atoms with Crippen molar-refractivity contribution >= 4 is 23.2 Å². The van der Waals surface area contributed by atoms with E-state index >= 15 is 0 Å². The maximum Gasteiger partial charge on any atom is 0.0703 e. The summed E-state index contributed by atoms with van der Waals surface area (Å²) in [6.07, 6.45) is 1.82. The van der Waals surface area contributed by atoms with E-state index in [1.165, 1.54) is 0 Å². The third kappa shape index (κ3) is 2.49. The number of rotatable bonds is 1. The molecular formula is C12H9Cl2N. The summed E-state index contributed by atoms with van der Waals surface area (Å²) in [7, 11) is 0. The molecule has 0 aliphatic carbocycles. The van der Waals surface area contributed by atoms with Gasteiger partial charge < -0.3 is 0 Å². The van der Waals surface area contributed by atoms with E-state index in [0.29, 0.717) is 10.0 Å². The molecule has 0 amide bonds. The van der Waals surface area contributed by atoms with Crippen LogP contribution >= 0.6 is 23.2 Å². The first-order chi connectivity index (χ1) is 7.15. The van der Waals surface area contributed by atoms with Crippen molar-refractivity contribution in [3.05, 3.63) is 52.1 Å². The topological polar surface area (TPSA) is 12.9 Å². The molecule has 0 aliphatic heterocycles. The third-order valence-corrected chi connectivity index (χ3v) is 2.51. The van der Waals surface area contributed by atoms with Crippen LogP contribution in [-0.4, -0.2) is 4.98 Å². The largest absolute Gasteiger partial charge is 0.256 e. The maximum absolute atomic E-state index is 5.92. The summed E-state index contributed by atoms with van der Waals surface area (Å²) >= 11 is 11.8. The van der Waals surface area contributed by atoms with E-state index < -0.39 is 0 Å². The van der Waals surface area contributed by atoms with Crippen molar-refractivity contribution in [1.82, 2.24) is 4.98 Å². The van der Waals surface area contributed by atoms with Gasteiger partial charge in [0.25, 0.3) is 0 Å². The number of hydrogen-bond donors (Lipinski definition) is 0. The van der Waals surface area contributed by atoms with Crippen LogP contribution in [0.25, 0.3) is 11.3 Å². The zero-order chi connectivity index (χ0) is 10.8. The molecule has 3 heteroatoms. The molecule has 0 unspecified atom stereocenters. The molecule has 1 aromatic heterocycles. The molecule has 0 bridgehead atoms. The van der Waals surface area contributed by atoms with Crippen molar-refractivity contribution < 1.29 is 0 Å². The lowest BCUT2D eigenvalue weighted by atomic mass is 10.1. The van der Waals surface area contributed by atoms with Gasteiger partial charge in [0.05, 0.1) is 5.69 Å². The maximum atomic E-state index is 5.92. The smallest absolute Gasteiger partial charge is 0.0703 e.